The van der Waals surface area contributed by atoms with Crippen molar-refractivity contribution in [2.24, 2.45) is 0 Å². The van der Waals surface area contributed by atoms with E-state index in [2.05, 4.69) is 20.5 Å². The molecule has 5 nitrogen and oxygen atoms in total. The van der Waals surface area contributed by atoms with Gasteiger partial charge in [-0.05, 0) is 12.5 Å². The fourth-order valence-corrected chi connectivity index (χ4v) is 3.70. The second kappa shape index (κ2) is 6.55. The Morgan fingerprint density at radius 3 is 2.52 bits per heavy atom. The minimum atomic E-state index is -0.250. The summed E-state index contributed by atoms with van der Waals surface area (Å²) in [5.74, 6) is 0.0409. The van der Waals surface area contributed by atoms with E-state index in [1.54, 1.807) is 0 Å². The summed E-state index contributed by atoms with van der Waals surface area (Å²) in [5.41, 5.74) is 1.42. The lowest BCUT2D eigenvalue weighted by molar-refractivity contribution is 0.102. The van der Waals surface area contributed by atoms with E-state index in [1.807, 2.05) is 51.1 Å². The molecule has 2 aromatic heterocycles. The highest BCUT2D eigenvalue weighted by atomic mass is 32.1. The molecule has 1 amide bonds. The summed E-state index contributed by atoms with van der Waals surface area (Å²) < 4.78 is 0. The van der Waals surface area contributed by atoms with Crippen molar-refractivity contribution in [3.63, 3.8) is 0 Å². The van der Waals surface area contributed by atoms with Crippen molar-refractivity contribution in [2.45, 2.75) is 26.7 Å². The number of rotatable bonds is 4. The van der Waals surface area contributed by atoms with Gasteiger partial charge in [-0.2, -0.15) is 0 Å². The smallest absolute Gasteiger partial charge is 0.277 e. The Morgan fingerprint density at radius 2 is 1.87 bits per heavy atom. The van der Waals surface area contributed by atoms with Gasteiger partial charge in [-0.1, -0.05) is 55.5 Å². The number of hydrogen-bond donors (Lipinski definition) is 1. The van der Waals surface area contributed by atoms with Crippen LogP contribution in [0.1, 0.15) is 40.3 Å². The molecule has 3 rings (SSSR count). The lowest BCUT2D eigenvalue weighted by Crippen LogP contribution is -2.13. The molecule has 0 fully saturated rings. The van der Waals surface area contributed by atoms with Gasteiger partial charge < -0.3 is 0 Å². The first kappa shape index (κ1) is 15.8. The molecule has 23 heavy (non-hydrogen) atoms. The maximum absolute atomic E-state index is 12.6. The summed E-state index contributed by atoms with van der Waals surface area (Å²) in [7, 11) is 0. The van der Waals surface area contributed by atoms with Gasteiger partial charge in [0.1, 0.15) is 10.7 Å². The predicted octanol–water partition coefficient (Wildman–Crippen LogP) is 4.35. The molecule has 0 radical (unpaired) electrons. The molecular weight excluding hydrogens is 328 g/mol. The molecular formula is C16H16N4OS2. The SMILES string of the molecule is Cc1nc(C(=O)Nc2nnc(C(C)C)s2)c(-c2ccccc2)s1. The Hall–Kier alpha value is -2.12. The lowest BCUT2D eigenvalue weighted by Gasteiger charge is -2.02. The Balaban J connectivity index is 1.88. The van der Waals surface area contributed by atoms with Gasteiger partial charge in [-0.15, -0.1) is 21.5 Å². The maximum Gasteiger partial charge on any atom is 0.277 e. The zero-order chi connectivity index (χ0) is 16.4. The summed E-state index contributed by atoms with van der Waals surface area (Å²) in [4.78, 5) is 17.8. The Bertz CT molecular complexity index is 824. The van der Waals surface area contributed by atoms with Crippen LogP contribution in [0.4, 0.5) is 5.13 Å². The normalized spacial score (nSPS) is 11.0. The van der Waals surface area contributed by atoms with E-state index in [0.717, 1.165) is 20.5 Å². The molecule has 0 unspecified atom stereocenters. The number of anilines is 1. The Labute approximate surface area is 142 Å². The highest BCUT2D eigenvalue weighted by Gasteiger charge is 2.20. The molecule has 0 spiro atoms. The van der Waals surface area contributed by atoms with Crippen LogP contribution in [0.3, 0.4) is 0 Å². The summed E-state index contributed by atoms with van der Waals surface area (Å²) in [5, 5.41) is 13.2. The van der Waals surface area contributed by atoms with Gasteiger partial charge in [0.15, 0.2) is 0 Å². The number of nitrogens with one attached hydrogen (secondary N) is 1. The Kier molecular flexibility index (Phi) is 4.49. The number of benzene rings is 1. The molecule has 0 aliphatic rings. The molecule has 118 valence electrons. The van der Waals surface area contributed by atoms with Crippen molar-refractivity contribution < 1.29 is 4.79 Å². The molecule has 2 heterocycles. The van der Waals surface area contributed by atoms with Crippen LogP contribution < -0.4 is 5.32 Å². The van der Waals surface area contributed by atoms with Crippen molar-refractivity contribution in [1.82, 2.24) is 15.2 Å². The highest BCUT2D eigenvalue weighted by molar-refractivity contribution is 7.16. The van der Waals surface area contributed by atoms with Crippen LogP contribution in [0.5, 0.6) is 0 Å². The third-order valence-electron chi connectivity index (χ3n) is 3.14. The topological polar surface area (TPSA) is 67.8 Å². The van der Waals surface area contributed by atoms with Crippen molar-refractivity contribution in [1.29, 1.82) is 0 Å². The van der Waals surface area contributed by atoms with Gasteiger partial charge in [0.05, 0.1) is 9.88 Å². The third-order valence-corrected chi connectivity index (χ3v) is 5.30. The summed E-state index contributed by atoms with van der Waals surface area (Å²) in [6.45, 7) is 5.99. The Morgan fingerprint density at radius 1 is 1.13 bits per heavy atom. The second-order valence-corrected chi connectivity index (χ2v) is 7.54. The van der Waals surface area contributed by atoms with Crippen LogP contribution in [-0.2, 0) is 0 Å². The number of thiazole rings is 1. The first-order valence-electron chi connectivity index (χ1n) is 7.22. The molecule has 0 atom stereocenters. The van der Waals surface area contributed by atoms with Crippen LogP contribution in [0.15, 0.2) is 30.3 Å². The molecule has 0 saturated carbocycles. The first-order chi connectivity index (χ1) is 11.0. The maximum atomic E-state index is 12.6. The zero-order valence-corrected chi connectivity index (χ0v) is 14.7. The van der Waals surface area contributed by atoms with Crippen LogP contribution in [-0.4, -0.2) is 21.1 Å². The molecule has 0 aliphatic carbocycles. The quantitative estimate of drug-likeness (QED) is 0.764. The number of aryl methyl sites for hydroxylation is 1. The van der Waals surface area contributed by atoms with E-state index in [1.165, 1.54) is 22.7 Å². The monoisotopic (exact) mass is 344 g/mol. The predicted molar refractivity (Wildman–Crippen MR) is 94.2 cm³/mol. The summed E-state index contributed by atoms with van der Waals surface area (Å²) in [6.07, 6.45) is 0. The van der Waals surface area contributed by atoms with Crippen LogP contribution in [0.25, 0.3) is 10.4 Å². The minimum absolute atomic E-state index is 0.250. The number of hydrogen-bond acceptors (Lipinski definition) is 6. The van der Waals surface area contributed by atoms with E-state index in [9.17, 15) is 4.79 Å². The van der Waals surface area contributed by atoms with Crippen LogP contribution in [0.2, 0.25) is 0 Å². The summed E-state index contributed by atoms with van der Waals surface area (Å²) >= 11 is 2.91. The number of carbonyl (C=O) groups excluding carboxylic acids is 1. The number of carbonyl (C=O) groups is 1. The van der Waals surface area contributed by atoms with E-state index in [4.69, 9.17) is 0 Å². The minimum Gasteiger partial charge on any atom is -0.295 e. The van der Waals surface area contributed by atoms with Crippen LogP contribution in [0, 0.1) is 6.92 Å². The van der Waals surface area contributed by atoms with E-state index >= 15 is 0 Å². The lowest BCUT2D eigenvalue weighted by atomic mass is 10.1. The first-order valence-corrected chi connectivity index (χ1v) is 8.85. The average molecular weight is 344 g/mol. The molecule has 1 aromatic carbocycles. The number of nitrogens with zero attached hydrogens (tertiary/aromatic N) is 3. The van der Waals surface area contributed by atoms with Crippen LogP contribution >= 0.6 is 22.7 Å². The van der Waals surface area contributed by atoms with Crippen molar-refractivity contribution in [3.8, 4) is 10.4 Å². The van der Waals surface area contributed by atoms with Gasteiger partial charge in [-0.25, -0.2) is 4.98 Å². The second-order valence-electron chi connectivity index (χ2n) is 5.33. The van der Waals surface area contributed by atoms with Gasteiger partial charge >= 0.3 is 0 Å². The van der Waals surface area contributed by atoms with E-state index in [-0.39, 0.29) is 5.91 Å². The molecule has 0 aliphatic heterocycles. The van der Waals surface area contributed by atoms with Gasteiger partial charge in [0.25, 0.3) is 5.91 Å². The zero-order valence-electron chi connectivity index (χ0n) is 13.0. The summed E-state index contributed by atoms with van der Waals surface area (Å²) in [6, 6.07) is 9.81. The molecule has 0 bridgehead atoms. The molecule has 3 aromatic rings. The van der Waals surface area contributed by atoms with Gasteiger partial charge in [0, 0.05) is 5.92 Å². The fraction of sp³-hybridized carbons (Fsp3) is 0.250. The fourth-order valence-electron chi connectivity index (χ4n) is 2.04. The van der Waals surface area contributed by atoms with E-state index < -0.39 is 0 Å². The van der Waals surface area contributed by atoms with Crippen molar-refractivity contribution in [2.75, 3.05) is 5.32 Å². The average Bonchev–Trinajstić information content (AvgIpc) is 3.15. The standard InChI is InChI=1S/C16H16N4OS2/c1-9(2)15-19-20-16(23-15)18-14(21)12-13(22-10(3)17-12)11-7-5-4-6-8-11/h4-9H,1-3H3,(H,18,20,21). The number of aromatic nitrogens is 3. The van der Waals surface area contributed by atoms with Gasteiger partial charge in [-0.3, -0.25) is 10.1 Å². The largest absolute Gasteiger partial charge is 0.295 e. The third kappa shape index (κ3) is 3.46. The van der Waals surface area contributed by atoms with Crippen molar-refractivity contribution >= 4 is 33.7 Å². The molecule has 1 N–H and O–H groups in total. The van der Waals surface area contributed by atoms with Crippen molar-refractivity contribution in [3.05, 3.63) is 46.0 Å². The van der Waals surface area contributed by atoms with E-state index in [0.29, 0.717) is 16.7 Å². The highest BCUT2D eigenvalue weighted by Crippen LogP contribution is 2.31. The molecule has 7 heteroatoms. The molecule has 0 saturated heterocycles. The number of amides is 1. The van der Waals surface area contributed by atoms with Gasteiger partial charge in [0.2, 0.25) is 5.13 Å².